The molecule has 66 heavy (non-hydrogen) atoms. The van der Waals surface area contributed by atoms with E-state index in [0.717, 1.165) is 70.6 Å². The number of nitrogens with one attached hydrogen (secondary N) is 1. The molecular weight excluding hydrogens is 835 g/mol. The molecule has 1 aliphatic heterocycles. The van der Waals surface area contributed by atoms with Crippen molar-refractivity contribution in [3.05, 3.63) is 48.6 Å². The van der Waals surface area contributed by atoms with Gasteiger partial charge in [-0.3, -0.25) is 9.59 Å². The lowest BCUT2D eigenvalue weighted by Crippen LogP contribution is -2.60. The summed E-state index contributed by atoms with van der Waals surface area (Å²) in [7, 11) is 0. The first kappa shape index (κ1) is 61.6. The molecule has 1 heterocycles. The molecule has 0 saturated carbocycles. The molecule has 0 aromatic carbocycles. The first-order valence-electron chi connectivity index (χ1n) is 26.9. The van der Waals surface area contributed by atoms with Crippen molar-refractivity contribution in [3.63, 3.8) is 0 Å². The Morgan fingerprint density at radius 2 is 1.05 bits per heavy atom. The average Bonchev–Trinajstić information content (AvgIpc) is 3.31. The average molecular weight is 934 g/mol. The molecule has 7 unspecified atom stereocenters. The minimum atomic E-state index is -1.59. The highest BCUT2D eigenvalue weighted by Crippen LogP contribution is 2.23. The van der Waals surface area contributed by atoms with E-state index in [-0.39, 0.29) is 24.9 Å². The number of carbonyl (C=O) groups is 2. The molecule has 0 bridgehead atoms. The molecule has 384 valence electrons. The number of aliphatic hydroxyl groups is 5. The predicted molar refractivity (Wildman–Crippen MR) is 269 cm³/mol. The Morgan fingerprint density at radius 1 is 0.561 bits per heavy atom. The fourth-order valence-electron chi connectivity index (χ4n) is 8.09. The number of aliphatic hydroxyl groups excluding tert-OH is 5. The molecule has 0 aromatic heterocycles. The van der Waals surface area contributed by atoms with E-state index in [0.29, 0.717) is 19.4 Å². The molecule has 7 atom stereocenters. The van der Waals surface area contributed by atoms with E-state index in [9.17, 15) is 35.1 Å². The second-order valence-electron chi connectivity index (χ2n) is 18.6. The topological polar surface area (TPSA) is 175 Å². The number of amides is 1. The standard InChI is InChI=1S/C55H99NO10/c1-3-5-7-9-11-13-15-18-21-25-29-33-37-41-48(58)47(46-65-55-54(63)53(62)52(61)49(45-57)66-55)56-50(59)42-38-34-30-26-22-19-17-20-24-28-32-36-40-44-64-51(60)43-39-35-31-27-23-16-14-12-10-8-6-4-2/h19,21-22,25,30,34,37,41,47-49,52-55,57-58,61-63H,3-18,20,23-24,26-29,31-33,35-36,38-40,42-46H2,1-2H3,(H,56,59)/b22-19-,25-21+,34-30-,41-37+. The van der Waals surface area contributed by atoms with E-state index in [1.165, 1.54) is 122 Å². The molecule has 11 heteroatoms. The molecule has 1 amide bonds. The van der Waals surface area contributed by atoms with E-state index in [4.69, 9.17) is 14.2 Å². The van der Waals surface area contributed by atoms with Crippen molar-refractivity contribution >= 4 is 11.9 Å². The van der Waals surface area contributed by atoms with Crippen molar-refractivity contribution in [2.45, 2.75) is 269 Å². The predicted octanol–water partition coefficient (Wildman–Crippen LogP) is 11.3. The van der Waals surface area contributed by atoms with Gasteiger partial charge in [0, 0.05) is 12.8 Å². The summed E-state index contributed by atoms with van der Waals surface area (Å²) in [5.41, 5.74) is 0. The lowest BCUT2D eigenvalue weighted by atomic mass is 9.99. The van der Waals surface area contributed by atoms with Gasteiger partial charge in [-0.1, -0.05) is 197 Å². The van der Waals surface area contributed by atoms with Crippen LogP contribution in [-0.2, 0) is 23.8 Å². The van der Waals surface area contributed by atoms with Gasteiger partial charge < -0.3 is 45.1 Å². The van der Waals surface area contributed by atoms with E-state index in [2.05, 4.69) is 43.5 Å². The lowest BCUT2D eigenvalue weighted by molar-refractivity contribution is -0.302. The normalized spacial score (nSPS) is 20.0. The van der Waals surface area contributed by atoms with Crippen molar-refractivity contribution in [3.8, 4) is 0 Å². The summed E-state index contributed by atoms with van der Waals surface area (Å²) < 4.78 is 16.6. The van der Waals surface area contributed by atoms with E-state index in [1.807, 2.05) is 18.2 Å². The van der Waals surface area contributed by atoms with Gasteiger partial charge in [-0.05, 0) is 64.2 Å². The Labute approximate surface area is 402 Å². The summed E-state index contributed by atoms with van der Waals surface area (Å²) in [6.45, 7) is 4.21. The summed E-state index contributed by atoms with van der Waals surface area (Å²) >= 11 is 0. The minimum absolute atomic E-state index is 0.0404. The number of unbranched alkanes of at least 4 members (excludes halogenated alkanes) is 25. The van der Waals surface area contributed by atoms with Gasteiger partial charge in [0.25, 0.3) is 0 Å². The first-order valence-corrected chi connectivity index (χ1v) is 26.9. The van der Waals surface area contributed by atoms with Gasteiger partial charge in [-0.25, -0.2) is 0 Å². The molecule has 0 spiro atoms. The number of hydrogen-bond donors (Lipinski definition) is 6. The molecule has 1 rings (SSSR count). The van der Waals surface area contributed by atoms with Gasteiger partial charge in [0.15, 0.2) is 6.29 Å². The van der Waals surface area contributed by atoms with Gasteiger partial charge in [0.1, 0.15) is 24.4 Å². The third-order valence-electron chi connectivity index (χ3n) is 12.4. The zero-order valence-corrected chi connectivity index (χ0v) is 41.9. The summed E-state index contributed by atoms with van der Waals surface area (Å²) in [6, 6.07) is -0.871. The highest BCUT2D eigenvalue weighted by atomic mass is 16.7. The van der Waals surface area contributed by atoms with Gasteiger partial charge in [0.05, 0.1) is 32.0 Å². The van der Waals surface area contributed by atoms with Crippen molar-refractivity contribution < 1.29 is 49.3 Å². The summed E-state index contributed by atoms with van der Waals surface area (Å²) in [5, 5.41) is 54.2. The van der Waals surface area contributed by atoms with Crippen molar-refractivity contribution in [2.75, 3.05) is 19.8 Å². The Balaban J connectivity index is 2.25. The third-order valence-corrected chi connectivity index (χ3v) is 12.4. The van der Waals surface area contributed by atoms with E-state index < -0.39 is 49.5 Å². The van der Waals surface area contributed by atoms with Crippen LogP contribution in [0.1, 0.15) is 226 Å². The fraction of sp³-hybridized carbons (Fsp3) is 0.818. The fourth-order valence-corrected chi connectivity index (χ4v) is 8.09. The van der Waals surface area contributed by atoms with Crippen molar-refractivity contribution in [2.24, 2.45) is 0 Å². The van der Waals surface area contributed by atoms with Gasteiger partial charge in [-0.2, -0.15) is 0 Å². The van der Waals surface area contributed by atoms with Crippen molar-refractivity contribution in [1.82, 2.24) is 5.32 Å². The Hall–Kier alpha value is -2.38. The molecule has 6 N–H and O–H groups in total. The largest absolute Gasteiger partial charge is 0.466 e. The smallest absolute Gasteiger partial charge is 0.305 e. The van der Waals surface area contributed by atoms with Crippen LogP contribution in [0.3, 0.4) is 0 Å². The Kier molecular flexibility index (Phi) is 42.1. The van der Waals surface area contributed by atoms with Crippen LogP contribution in [0.2, 0.25) is 0 Å². The SMILES string of the molecule is CCCCCCCCC/C=C/CC/C=C/C(O)C(COC1OC(CO)C(O)C(O)C1O)NC(=O)CC/C=C\C/C=C\CCCCCCCCOC(=O)CCCCCCCCCCCCCC. The molecule has 0 radical (unpaired) electrons. The molecular formula is C55H99NO10. The highest BCUT2D eigenvalue weighted by Gasteiger charge is 2.44. The molecule has 0 aliphatic carbocycles. The zero-order valence-electron chi connectivity index (χ0n) is 41.9. The number of rotatable bonds is 45. The highest BCUT2D eigenvalue weighted by molar-refractivity contribution is 5.76. The lowest BCUT2D eigenvalue weighted by Gasteiger charge is -2.40. The second kappa shape index (κ2) is 45.1. The van der Waals surface area contributed by atoms with Gasteiger partial charge in [-0.15, -0.1) is 0 Å². The first-order chi connectivity index (χ1) is 32.2. The number of allylic oxidation sites excluding steroid dienone is 7. The van der Waals surface area contributed by atoms with Crippen LogP contribution in [0.15, 0.2) is 48.6 Å². The molecule has 1 fully saturated rings. The summed E-state index contributed by atoms with van der Waals surface area (Å²) in [4.78, 5) is 25.0. The van der Waals surface area contributed by atoms with Crippen LogP contribution in [-0.4, -0.2) is 100 Å². The number of carbonyl (C=O) groups excluding carboxylic acids is 2. The van der Waals surface area contributed by atoms with Crippen LogP contribution in [0, 0.1) is 0 Å². The van der Waals surface area contributed by atoms with Crippen LogP contribution >= 0.6 is 0 Å². The maximum atomic E-state index is 13.0. The Morgan fingerprint density at radius 3 is 1.62 bits per heavy atom. The van der Waals surface area contributed by atoms with Gasteiger partial charge in [0.2, 0.25) is 5.91 Å². The summed E-state index contributed by atoms with van der Waals surface area (Å²) in [5.74, 6) is -0.314. The second-order valence-corrected chi connectivity index (χ2v) is 18.6. The monoisotopic (exact) mass is 934 g/mol. The quantitative estimate of drug-likeness (QED) is 0.0196. The van der Waals surface area contributed by atoms with Crippen LogP contribution < -0.4 is 5.32 Å². The van der Waals surface area contributed by atoms with Crippen molar-refractivity contribution in [1.29, 1.82) is 0 Å². The number of hydrogen-bond acceptors (Lipinski definition) is 10. The number of ether oxygens (including phenoxy) is 3. The van der Waals surface area contributed by atoms with Crippen LogP contribution in [0.4, 0.5) is 0 Å². The Bertz CT molecular complexity index is 1240. The van der Waals surface area contributed by atoms with E-state index >= 15 is 0 Å². The summed E-state index contributed by atoms with van der Waals surface area (Å²) in [6.07, 6.45) is 44.9. The molecule has 1 saturated heterocycles. The van der Waals surface area contributed by atoms with Crippen LogP contribution in [0.5, 0.6) is 0 Å². The molecule has 11 nitrogen and oxygen atoms in total. The van der Waals surface area contributed by atoms with E-state index in [1.54, 1.807) is 6.08 Å². The molecule has 0 aromatic rings. The maximum absolute atomic E-state index is 13.0. The van der Waals surface area contributed by atoms with Crippen LogP contribution in [0.25, 0.3) is 0 Å². The third kappa shape index (κ3) is 34.8. The zero-order chi connectivity index (χ0) is 48.1. The van der Waals surface area contributed by atoms with Gasteiger partial charge >= 0.3 is 5.97 Å². The minimum Gasteiger partial charge on any atom is -0.466 e. The molecule has 1 aliphatic rings. The number of esters is 1. The maximum Gasteiger partial charge on any atom is 0.305 e.